The van der Waals surface area contributed by atoms with E-state index in [2.05, 4.69) is 0 Å². The molecule has 1 fully saturated rings. The predicted molar refractivity (Wildman–Crippen MR) is 73.8 cm³/mol. The highest BCUT2D eigenvalue weighted by Gasteiger charge is 2.36. The van der Waals surface area contributed by atoms with Gasteiger partial charge in [-0.25, -0.2) is 8.78 Å². The summed E-state index contributed by atoms with van der Waals surface area (Å²) in [5.41, 5.74) is 6.64. The van der Waals surface area contributed by atoms with E-state index in [0.29, 0.717) is 19.6 Å². The minimum atomic E-state index is -2.54. The lowest BCUT2D eigenvalue weighted by molar-refractivity contribution is -0.0641. The maximum absolute atomic E-state index is 13.2. The largest absolute Gasteiger partial charge is 0.459 e. The lowest BCUT2D eigenvalue weighted by Crippen LogP contribution is -2.43. The van der Waals surface area contributed by atoms with Crippen molar-refractivity contribution < 1.29 is 13.2 Å². The Hall–Kier alpha value is -1.46. The van der Waals surface area contributed by atoms with Gasteiger partial charge in [-0.2, -0.15) is 0 Å². The first-order valence-electron chi connectivity index (χ1n) is 6.89. The quantitative estimate of drug-likeness (QED) is 0.939. The third kappa shape index (κ3) is 2.55. The molecule has 3 nitrogen and oxygen atoms in total. The summed E-state index contributed by atoms with van der Waals surface area (Å²) in [4.78, 5) is 2.00. The molecule has 1 unspecified atom stereocenters. The molecule has 1 aromatic carbocycles. The Morgan fingerprint density at radius 3 is 2.60 bits per heavy atom. The molecule has 20 heavy (non-hydrogen) atoms. The van der Waals surface area contributed by atoms with Crippen LogP contribution in [0.25, 0.3) is 11.0 Å². The minimum absolute atomic E-state index is 0.107. The summed E-state index contributed by atoms with van der Waals surface area (Å²) in [6.45, 7) is 1.07. The van der Waals surface area contributed by atoms with Gasteiger partial charge in [0.05, 0.1) is 6.04 Å². The highest BCUT2D eigenvalue weighted by molar-refractivity contribution is 5.77. The van der Waals surface area contributed by atoms with Crippen LogP contribution in [0.4, 0.5) is 8.78 Å². The molecule has 1 saturated heterocycles. The second kappa shape index (κ2) is 5.14. The van der Waals surface area contributed by atoms with Crippen LogP contribution < -0.4 is 5.73 Å². The second-order valence-corrected chi connectivity index (χ2v) is 5.33. The molecule has 1 aromatic heterocycles. The number of hydrogen-bond acceptors (Lipinski definition) is 3. The van der Waals surface area contributed by atoms with E-state index in [9.17, 15) is 8.78 Å². The number of alkyl halides is 2. The summed E-state index contributed by atoms with van der Waals surface area (Å²) < 4.78 is 32.3. The zero-order chi connectivity index (χ0) is 14.2. The number of nitrogens with two attached hydrogens (primary N) is 1. The molecule has 0 bridgehead atoms. The zero-order valence-corrected chi connectivity index (χ0v) is 11.2. The Morgan fingerprint density at radius 2 is 1.95 bits per heavy atom. The van der Waals surface area contributed by atoms with Crippen LogP contribution in [0.15, 0.2) is 34.7 Å². The molecule has 1 aliphatic heterocycles. The van der Waals surface area contributed by atoms with E-state index in [4.69, 9.17) is 10.2 Å². The molecule has 0 saturated carbocycles. The second-order valence-electron chi connectivity index (χ2n) is 5.33. The third-order valence-electron chi connectivity index (χ3n) is 3.97. The van der Waals surface area contributed by atoms with E-state index in [0.717, 1.165) is 16.7 Å². The fourth-order valence-electron chi connectivity index (χ4n) is 2.77. The van der Waals surface area contributed by atoms with Crippen LogP contribution in [0.5, 0.6) is 0 Å². The molecule has 1 aliphatic rings. The van der Waals surface area contributed by atoms with Gasteiger partial charge in [0, 0.05) is 37.9 Å². The normalized spacial score (nSPS) is 21.1. The first-order chi connectivity index (χ1) is 9.59. The van der Waals surface area contributed by atoms with Crippen molar-refractivity contribution in [1.82, 2.24) is 4.90 Å². The van der Waals surface area contributed by atoms with Gasteiger partial charge < -0.3 is 10.2 Å². The molecule has 2 heterocycles. The van der Waals surface area contributed by atoms with E-state index in [1.807, 2.05) is 35.2 Å². The van der Waals surface area contributed by atoms with Crippen LogP contribution >= 0.6 is 0 Å². The number of benzene rings is 1. The number of nitrogens with zero attached hydrogens (tertiary/aromatic N) is 1. The van der Waals surface area contributed by atoms with Crippen LogP contribution in [0, 0.1) is 0 Å². The number of rotatable bonds is 3. The van der Waals surface area contributed by atoms with Crippen molar-refractivity contribution >= 4 is 11.0 Å². The topological polar surface area (TPSA) is 42.4 Å². The summed E-state index contributed by atoms with van der Waals surface area (Å²) >= 11 is 0. The molecular formula is C15H18F2N2O. The van der Waals surface area contributed by atoms with E-state index < -0.39 is 5.92 Å². The molecule has 108 valence electrons. The average molecular weight is 280 g/mol. The Labute approximate surface area is 116 Å². The van der Waals surface area contributed by atoms with Crippen LogP contribution in [-0.4, -0.2) is 30.5 Å². The van der Waals surface area contributed by atoms with Gasteiger partial charge in [0.15, 0.2) is 0 Å². The van der Waals surface area contributed by atoms with Crippen molar-refractivity contribution in [2.75, 3.05) is 19.6 Å². The maximum atomic E-state index is 13.2. The summed E-state index contributed by atoms with van der Waals surface area (Å²) in [5, 5.41) is 1.02. The molecule has 3 rings (SSSR count). The molecule has 1 atom stereocenters. The highest BCUT2D eigenvalue weighted by atomic mass is 19.3. The standard InChI is InChI=1S/C15H18F2N2O/c16-15(17)5-7-19(8-6-15)12(10-18)14-9-11-3-1-2-4-13(11)20-14/h1-4,9,12H,5-8,10,18H2. The number of hydrogen-bond donors (Lipinski definition) is 1. The first kappa shape index (κ1) is 13.5. The predicted octanol–water partition coefficient (Wildman–Crippen LogP) is 3.16. The number of likely N-dealkylation sites (tertiary alicyclic amines) is 1. The molecule has 0 aliphatic carbocycles. The van der Waals surface area contributed by atoms with Crippen LogP contribution in [-0.2, 0) is 0 Å². The molecule has 5 heteroatoms. The van der Waals surface area contributed by atoms with Gasteiger partial charge in [-0.1, -0.05) is 18.2 Å². The van der Waals surface area contributed by atoms with Crippen LogP contribution in [0.3, 0.4) is 0 Å². The molecule has 2 N–H and O–H groups in total. The molecule has 0 spiro atoms. The lowest BCUT2D eigenvalue weighted by atomic mass is 10.0. The summed E-state index contributed by atoms with van der Waals surface area (Å²) in [6, 6.07) is 9.56. The minimum Gasteiger partial charge on any atom is -0.459 e. The zero-order valence-electron chi connectivity index (χ0n) is 11.2. The summed E-state index contributed by atoms with van der Waals surface area (Å²) in [7, 11) is 0. The van der Waals surface area contributed by atoms with E-state index in [1.54, 1.807) is 0 Å². The molecular weight excluding hydrogens is 262 g/mol. The first-order valence-corrected chi connectivity index (χ1v) is 6.89. The Kier molecular flexibility index (Phi) is 3.48. The number of piperidine rings is 1. The third-order valence-corrected chi connectivity index (χ3v) is 3.97. The van der Waals surface area contributed by atoms with Crippen molar-refractivity contribution in [2.24, 2.45) is 5.73 Å². The summed E-state index contributed by atoms with van der Waals surface area (Å²) in [5.74, 6) is -1.78. The van der Waals surface area contributed by atoms with Gasteiger partial charge in [0.2, 0.25) is 0 Å². The smallest absolute Gasteiger partial charge is 0.250 e. The van der Waals surface area contributed by atoms with Gasteiger partial charge in [-0.15, -0.1) is 0 Å². The molecule has 0 radical (unpaired) electrons. The fourth-order valence-corrected chi connectivity index (χ4v) is 2.77. The number of furan rings is 1. The van der Waals surface area contributed by atoms with Gasteiger partial charge >= 0.3 is 0 Å². The summed E-state index contributed by atoms with van der Waals surface area (Å²) in [6.07, 6.45) is -0.215. The fraction of sp³-hybridized carbons (Fsp3) is 0.467. The van der Waals surface area contributed by atoms with Crippen molar-refractivity contribution in [2.45, 2.75) is 24.8 Å². The van der Waals surface area contributed by atoms with Crippen molar-refractivity contribution in [3.8, 4) is 0 Å². The van der Waals surface area contributed by atoms with Gasteiger partial charge in [-0.05, 0) is 12.1 Å². The van der Waals surface area contributed by atoms with E-state index in [1.165, 1.54) is 0 Å². The molecule has 0 amide bonds. The van der Waals surface area contributed by atoms with E-state index >= 15 is 0 Å². The maximum Gasteiger partial charge on any atom is 0.250 e. The monoisotopic (exact) mass is 280 g/mol. The van der Waals surface area contributed by atoms with Crippen molar-refractivity contribution in [1.29, 1.82) is 0 Å². The molecule has 2 aromatic rings. The number of halogens is 2. The van der Waals surface area contributed by atoms with Crippen molar-refractivity contribution in [3.63, 3.8) is 0 Å². The van der Waals surface area contributed by atoms with Crippen LogP contribution in [0.2, 0.25) is 0 Å². The van der Waals surface area contributed by atoms with Crippen LogP contribution in [0.1, 0.15) is 24.6 Å². The SMILES string of the molecule is NCC(c1cc2ccccc2o1)N1CCC(F)(F)CC1. The Morgan fingerprint density at radius 1 is 1.25 bits per heavy atom. The Balaban J connectivity index is 1.82. The van der Waals surface area contributed by atoms with Gasteiger partial charge in [0.1, 0.15) is 11.3 Å². The van der Waals surface area contributed by atoms with Gasteiger partial charge in [0.25, 0.3) is 5.92 Å². The highest BCUT2D eigenvalue weighted by Crippen LogP contribution is 2.33. The van der Waals surface area contributed by atoms with Crippen molar-refractivity contribution in [3.05, 3.63) is 36.1 Å². The Bertz CT molecular complexity index is 553. The average Bonchev–Trinajstić information content (AvgIpc) is 2.85. The number of fused-ring (bicyclic) bond motifs is 1. The number of para-hydroxylation sites is 1. The lowest BCUT2D eigenvalue weighted by Gasteiger charge is -2.36. The van der Waals surface area contributed by atoms with E-state index in [-0.39, 0.29) is 18.9 Å². The van der Waals surface area contributed by atoms with Gasteiger partial charge in [-0.3, -0.25) is 4.90 Å².